The molecule has 1 aliphatic carbocycles. The van der Waals surface area contributed by atoms with Gasteiger partial charge in [0.2, 0.25) is 0 Å². The molecule has 1 saturated carbocycles. The number of carbonyl (C=O) groups is 1. The Labute approximate surface area is 124 Å². The number of aromatic nitrogens is 2. The molecular weight excluding hydrogens is 269 g/mol. The van der Waals surface area contributed by atoms with E-state index in [1.165, 1.54) is 0 Å². The first-order valence-electron chi connectivity index (χ1n) is 7.78. The SMILES string of the molecule is C/C(=C(/F)C(=O)N1CCC(Cc2cnc[nH]2)CC1)C1CC1. The van der Waals surface area contributed by atoms with E-state index < -0.39 is 11.7 Å². The standard InChI is InChI=1S/C16H22FN3O/c1-11(13-2-3-13)15(17)16(21)20-6-4-12(5-7-20)8-14-9-18-10-19-14/h9-10,12-13H,2-8H2,1H3,(H,18,19)/b15-11-. The van der Waals surface area contributed by atoms with Gasteiger partial charge in [0.25, 0.3) is 5.91 Å². The molecule has 0 spiro atoms. The zero-order valence-corrected chi connectivity index (χ0v) is 12.4. The number of halogens is 1. The lowest BCUT2D eigenvalue weighted by Crippen LogP contribution is -2.39. The van der Waals surface area contributed by atoms with E-state index in [0.717, 1.165) is 37.8 Å². The molecule has 2 aliphatic rings. The van der Waals surface area contributed by atoms with Crippen molar-refractivity contribution in [3.8, 4) is 0 Å². The highest BCUT2D eigenvalue weighted by molar-refractivity contribution is 5.92. The second-order valence-corrected chi connectivity index (χ2v) is 6.29. The highest BCUT2D eigenvalue weighted by atomic mass is 19.1. The molecule has 1 aliphatic heterocycles. The first kappa shape index (κ1) is 14.3. The van der Waals surface area contributed by atoms with Crippen LogP contribution in [-0.2, 0) is 11.2 Å². The van der Waals surface area contributed by atoms with Crippen LogP contribution in [0.25, 0.3) is 0 Å². The zero-order chi connectivity index (χ0) is 14.8. The summed E-state index contributed by atoms with van der Waals surface area (Å²) in [6.45, 7) is 3.07. The van der Waals surface area contributed by atoms with Gasteiger partial charge in [-0.05, 0) is 56.4 Å². The monoisotopic (exact) mass is 291 g/mol. The third-order valence-corrected chi connectivity index (χ3v) is 4.69. The third-order valence-electron chi connectivity index (χ3n) is 4.69. The van der Waals surface area contributed by atoms with Gasteiger partial charge in [-0.25, -0.2) is 9.37 Å². The highest BCUT2D eigenvalue weighted by Gasteiger charge is 2.31. The summed E-state index contributed by atoms with van der Waals surface area (Å²) in [5, 5.41) is 0. The molecule has 5 heteroatoms. The molecule has 2 fully saturated rings. The van der Waals surface area contributed by atoms with E-state index >= 15 is 0 Å². The number of H-pyrrole nitrogens is 1. The maximum absolute atomic E-state index is 14.1. The van der Waals surface area contributed by atoms with E-state index in [2.05, 4.69) is 9.97 Å². The lowest BCUT2D eigenvalue weighted by Gasteiger charge is -2.31. The van der Waals surface area contributed by atoms with Crippen molar-refractivity contribution < 1.29 is 9.18 Å². The number of allylic oxidation sites excluding steroid dienone is 1. The maximum atomic E-state index is 14.1. The number of amides is 1. The highest BCUT2D eigenvalue weighted by Crippen LogP contribution is 2.38. The molecule has 3 rings (SSSR count). The number of hydrogen-bond acceptors (Lipinski definition) is 2. The summed E-state index contributed by atoms with van der Waals surface area (Å²) < 4.78 is 14.1. The van der Waals surface area contributed by atoms with Crippen molar-refractivity contribution in [1.29, 1.82) is 0 Å². The smallest absolute Gasteiger partial charge is 0.282 e. The topological polar surface area (TPSA) is 49.0 Å². The molecular formula is C16H22FN3O. The van der Waals surface area contributed by atoms with Crippen molar-refractivity contribution in [3.63, 3.8) is 0 Å². The molecule has 1 aromatic rings. The Hall–Kier alpha value is -1.65. The predicted octanol–water partition coefficient (Wildman–Crippen LogP) is 2.84. The number of hydrogen-bond donors (Lipinski definition) is 1. The summed E-state index contributed by atoms with van der Waals surface area (Å²) in [5.74, 6) is -0.0538. The van der Waals surface area contributed by atoms with Crippen LogP contribution in [-0.4, -0.2) is 33.9 Å². The van der Waals surface area contributed by atoms with Gasteiger partial charge >= 0.3 is 0 Å². The summed E-state index contributed by atoms with van der Waals surface area (Å²) in [7, 11) is 0. The van der Waals surface area contributed by atoms with Gasteiger partial charge in [0.05, 0.1) is 6.33 Å². The quantitative estimate of drug-likeness (QED) is 0.867. The minimum absolute atomic E-state index is 0.312. The average molecular weight is 291 g/mol. The van der Waals surface area contributed by atoms with E-state index in [1.807, 2.05) is 6.20 Å². The van der Waals surface area contributed by atoms with Gasteiger partial charge in [-0.15, -0.1) is 0 Å². The summed E-state index contributed by atoms with van der Waals surface area (Å²) in [5.41, 5.74) is 1.79. The van der Waals surface area contributed by atoms with Gasteiger partial charge in [0, 0.05) is 25.0 Å². The van der Waals surface area contributed by atoms with Crippen LogP contribution in [0.15, 0.2) is 23.9 Å². The lowest BCUT2D eigenvalue weighted by atomic mass is 9.92. The molecule has 0 unspecified atom stereocenters. The van der Waals surface area contributed by atoms with Crippen LogP contribution in [0, 0.1) is 11.8 Å². The summed E-state index contributed by atoms with van der Waals surface area (Å²) in [4.78, 5) is 21.0. The Kier molecular flexibility index (Phi) is 4.08. The fraction of sp³-hybridized carbons (Fsp3) is 0.625. The minimum Gasteiger partial charge on any atom is -0.348 e. The van der Waals surface area contributed by atoms with Crippen LogP contribution in [0.5, 0.6) is 0 Å². The fourth-order valence-electron chi connectivity index (χ4n) is 3.05. The molecule has 0 bridgehead atoms. The van der Waals surface area contributed by atoms with Crippen molar-refractivity contribution in [2.24, 2.45) is 11.8 Å². The Morgan fingerprint density at radius 1 is 1.38 bits per heavy atom. The maximum Gasteiger partial charge on any atom is 0.282 e. The number of piperidine rings is 1. The zero-order valence-electron chi connectivity index (χ0n) is 12.4. The largest absolute Gasteiger partial charge is 0.348 e. The normalized spacial score (nSPS) is 21.3. The van der Waals surface area contributed by atoms with E-state index in [4.69, 9.17) is 0 Å². The van der Waals surface area contributed by atoms with Crippen LogP contribution in [0.4, 0.5) is 4.39 Å². The predicted molar refractivity (Wildman–Crippen MR) is 78.1 cm³/mol. The molecule has 1 saturated heterocycles. The molecule has 0 radical (unpaired) electrons. The number of carbonyl (C=O) groups excluding carboxylic acids is 1. The molecule has 0 atom stereocenters. The molecule has 1 aromatic heterocycles. The van der Waals surface area contributed by atoms with Crippen molar-refractivity contribution in [1.82, 2.24) is 14.9 Å². The average Bonchev–Trinajstić information content (AvgIpc) is 3.24. The fourth-order valence-corrected chi connectivity index (χ4v) is 3.05. The Bertz CT molecular complexity index is 526. The van der Waals surface area contributed by atoms with Crippen LogP contribution in [0.1, 0.15) is 38.3 Å². The number of nitrogens with zero attached hydrogens (tertiary/aromatic N) is 2. The first-order valence-corrected chi connectivity index (χ1v) is 7.78. The van der Waals surface area contributed by atoms with Crippen LogP contribution >= 0.6 is 0 Å². The molecule has 0 aromatic carbocycles. The number of likely N-dealkylation sites (tertiary alicyclic amines) is 1. The lowest BCUT2D eigenvalue weighted by molar-refractivity contribution is -0.130. The van der Waals surface area contributed by atoms with Gasteiger partial charge in [0.15, 0.2) is 5.83 Å². The van der Waals surface area contributed by atoms with E-state index in [9.17, 15) is 9.18 Å². The molecule has 4 nitrogen and oxygen atoms in total. The number of nitrogens with one attached hydrogen (secondary N) is 1. The van der Waals surface area contributed by atoms with Crippen molar-refractivity contribution in [2.45, 2.75) is 39.0 Å². The summed E-state index contributed by atoms with van der Waals surface area (Å²) >= 11 is 0. The molecule has 114 valence electrons. The van der Waals surface area contributed by atoms with Crippen molar-refractivity contribution >= 4 is 5.91 Å². The minimum atomic E-state index is -0.510. The molecule has 2 heterocycles. The summed E-state index contributed by atoms with van der Waals surface area (Å²) in [6.07, 6.45) is 8.41. The molecule has 21 heavy (non-hydrogen) atoms. The molecule has 1 amide bonds. The van der Waals surface area contributed by atoms with Crippen LogP contribution in [0.2, 0.25) is 0 Å². The van der Waals surface area contributed by atoms with Gasteiger partial charge in [0.1, 0.15) is 0 Å². The Balaban J connectivity index is 1.53. The van der Waals surface area contributed by atoms with Crippen LogP contribution in [0.3, 0.4) is 0 Å². The number of rotatable bonds is 4. The van der Waals surface area contributed by atoms with Gasteiger partial charge < -0.3 is 9.88 Å². The molecule has 1 N–H and O–H groups in total. The first-order chi connectivity index (χ1) is 10.1. The van der Waals surface area contributed by atoms with Crippen molar-refractivity contribution in [3.05, 3.63) is 29.6 Å². The van der Waals surface area contributed by atoms with Gasteiger partial charge in [-0.3, -0.25) is 4.79 Å². The number of imidazole rings is 1. The van der Waals surface area contributed by atoms with E-state index in [0.29, 0.717) is 30.5 Å². The van der Waals surface area contributed by atoms with Crippen molar-refractivity contribution in [2.75, 3.05) is 13.1 Å². The van der Waals surface area contributed by atoms with E-state index in [-0.39, 0.29) is 0 Å². The van der Waals surface area contributed by atoms with Crippen LogP contribution < -0.4 is 0 Å². The second-order valence-electron chi connectivity index (χ2n) is 6.29. The van der Waals surface area contributed by atoms with Gasteiger partial charge in [-0.2, -0.15) is 0 Å². The van der Waals surface area contributed by atoms with E-state index in [1.54, 1.807) is 18.2 Å². The Morgan fingerprint density at radius 3 is 2.67 bits per heavy atom. The third kappa shape index (κ3) is 3.34. The second kappa shape index (κ2) is 6.00. The number of aromatic amines is 1. The Morgan fingerprint density at radius 2 is 2.10 bits per heavy atom. The summed E-state index contributed by atoms with van der Waals surface area (Å²) in [6, 6.07) is 0. The van der Waals surface area contributed by atoms with Gasteiger partial charge in [-0.1, -0.05) is 0 Å².